The van der Waals surface area contributed by atoms with Crippen LogP contribution in [0.4, 0.5) is 0 Å². The monoisotopic (exact) mass is 410 g/mol. The summed E-state index contributed by atoms with van der Waals surface area (Å²) >= 11 is 0. The highest BCUT2D eigenvalue weighted by Crippen LogP contribution is 2.29. The van der Waals surface area contributed by atoms with Crippen LogP contribution in [0.1, 0.15) is 47.3 Å². The quantitative estimate of drug-likeness (QED) is 0.685. The summed E-state index contributed by atoms with van der Waals surface area (Å²) in [6, 6.07) is 14.5. The van der Waals surface area contributed by atoms with E-state index in [2.05, 4.69) is 16.7 Å². The number of benzene rings is 2. The summed E-state index contributed by atoms with van der Waals surface area (Å²) in [5, 5.41) is 5.46. The Labute approximate surface area is 175 Å². The molecule has 1 aliphatic rings. The van der Waals surface area contributed by atoms with Crippen LogP contribution in [0.3, 0.4) is 0 Å². The van der Waals surface area contributed by atoms with E-state index in [4.69, 9.17) is 9.47 Å². The van der Waals surface area contributed by atoms with Crippen molar-refractivity contribution in [1.29, 1.82) is 0 Å². The summed E-state index contributed by atoms with van der Waals surface area (Å²) < 4.78 is 10.2. The van der Waals surface area contributed by atoms with Gasteiger partial charge in [0, 0.05) is 5.56 Å². The Balaban J connectivity index is 1.47. The third-order valence-electron chi connectivity index (χ3n) is 5.11. The summed E-state index contributed by atoms with van der Waals surface area (Å²) in [5.41, 5.74) is 2.74. The van der Waals surface area contributed by atoms with Gasteiger partial charge in [0.25, 0.3) is 11.8 Å². The smallest absolute Gasteiger partial charge is 0.326 e. The molecule has 0 spiro atoms. The van der Waals surface area contributed by atoms with Crippen LogP contribution in [0, 0.1) is 0 Å². The van der Waals surface area contributed by atoms with Crippen molar-refractivity contribution >= 4 is 17.8 Å². The van der Waals surface area contributed by atoms with Gasteiger partial charge >= 0.3 is 5.97 Å². The van der Waals surface area contributed by atoms with Gasteiger partial charge < -0.3 is 20.1 Å². The lowest BCUT2D eigenvalue weighted by atomic mass is 9.87. The van der Waals surface area contributed by atoms with E-state index >= 15 is 0 Å². The first-order valence-electron chi connectivity index (χ1n) is 9.98. The number of hydrogen-bond donors (Lipinski definition) is 2. The van der Waals surface area contributed by atoms with E-state index in [1.54, 1.807) is 24.3 Å². The summed E-state index contributed by atoms with van der Waals surface area (Å²) in [6.07, 6.45) is 1.89. The molecule has 1 aliphatic carbocycles. The van der Waals surface area contributed by atoms with Gasteiger partial charge in [0.05, 0.1) is 13.2 Å². The van der Waals surface area contributed by atoms with Gasteiger partial charge in [-0.15, -0.1) is 0 Å². The molecule has 158 valence electrons. The second kappa shape index (κ2) is 9.91. The molecule has 2 amide bonds. The number of rotatable bonds is 7. The van der Waals surface area contributed by atoms with Crippen molar-refractivity contribution in [3.05, 3.63) is 65.2 Å². The summed E-state index contributed by atoms with van der Waals surface area (Å²) in [6.45, 7) is 1.20. The van der Waals surface area contributed by atoms with Crippen LogP contribution >= 0.6 is 0 Å². The first kappa shape index (κ1) is 21.4. The number of esters is 1. The van der Waals surface area contributed by atoms with Crippen LogP contribution in [-0.4, -0.2) is 37.5 Å². The van der Waals surface area contributed by atoms with Crippen LogP contribution in [0.25, 0.3) is 0 Å². The molecule has 2 N–H and O–H groups in total. The molecule has 0 fully saturated rings. The maximum Gasteiger partial charge on any atom is 0.326 e. The van der Waals surface area contributed by atoms with Gasteiger partial charge in [-0.3, -0.25) is 14.4 Å². The molecule has 7 nitrogen and oxygen atoms in total. The highest BCUT2D eigenvalue weighted by atomic mass is 16.5. The zero-order valence-electron chi connectivity index (χ0n) is 17.1. The predicted molar refractivity (Wildman–Crippen MR) is 111 cm³/mol. The van der Waals surface area contributed by atoms with Crippen LogP contribution < -0.4 is 15.4 Å². The minimum Gasteiger partial charge on any atom is -0.497 e. The fourth-order valence-electron chi connectivity index (χ4n) is 3.48. The average Bonchev–Trinajstić information content (AvgIpc) is 2.77. The Hall–Kier alpha value is -3.35. The Kier molecular flexibility index (Phi) is 7.06. The number of hydrogen-bond acceptors (Lipinski definition) is 5. The number of ether oxygens (including phenoxy) is 2. The third-order valence-corrected chi connectivity index (χ3v) is 5.11. The van der Waals surface area contributed by atoms with Crippen molar-refractivity contribution in [2.75, 3.05) is 13.7 Å². The molecule has 0 unspecified atom stereocenters. The van der Waals surface area contributed by atoms with Gasteiger partial charge in [0.15, 0.2) is 6.10 Å². The molecular weight excluding hydrogens is 384 g/mol. The van der Waals surface area contributed by atoms with E-state index in [-0.39, 0.29) is 18.5 Å². The Bertz CT molecular complexity index is 910. The molecule has 3 rings (SSSR count). The lowest BCUT2D eigenvalue weighted by molar-refractivity contribution is -0.154. The summed E-state index contributed by atoms with van der Waals surface area (Å²) in [7, 11) is 1.54. The largest absolute Gasteiger partial charge is 0.497 e. The van der Waals surface area contributed by atoms with Gasteiger partial charge in [-0.05, 0) is 61.6 Å². The Morgan fingerprint density at radius 2 is 1.83 bits per heavy atom. The van der Waals surface area contributed by atoms with Gasteiger partial charge in [-0.1, -0.05) is 24.3 Å². The fraction of sp³-hybridized carbons (Fsp3) is 0.348. The number of amides is 2. The lowest BCUT2D eigenvalue weighted by Crippen LogP contribution is -2.41. The van der Waals surface area contributed by atoms with E-state index < -0.39 is 18.0 Å². The van der Waals surface area contributed by atoms with E-state index in [0.29, 0.717) is 11.3 Å². The van der Waals surface area contributed by atoms with Crippen molar-refractivity contribution in [3.63, 3.8) is 0 Å². The fourth-order valence-corrected chi connectivity index (χ4v) is 3.48. The molecule has 0 aliphatic heterocycles. The topological polar surface area (TPSA) is 93.7 Å². The molecule has 7 heteroatoms. The number of carbonyl (C=O) groups excluding carboxylic acids is 3. The lowest BCUT2D eigenvalue weighted by Gasteiger charge is -2.27. The van der Waals surface area contributed by atoms with Gasteiger partial charge in [-0.2, -0.15) is 0 Å². The normalized spacial score (nSPS) is 16.0. The maximum atomic E-state index is 12.5. The van der Waals surface area contributed by atoms with Gasteiger partial charge in [-0.25, -0.2) is 0 Å². The second-order valence-electron chi connectivity index (χ2n) is 7.20. The van der Waals surface area contributed by atoms with E-state index in [1.165, 1.54) is 19.6 Å². The third kappa shape index (κ3) is 5.37. The van der Waals surface area contributed by atoms with Crippen molar-refractivity contribution in [3.8, 4) is 5.75 Å². The molecule has 2 aromatic rings. The zero-order chi connectivity index (χ0) is 21.5. The van der Waals surface area contributed by atoms with Crippen molar-refractivity contribution < 1.29 is 23.9 Å². The number of carbonyl (C=O) groups is 3. The molecule has 0 radical (unpaired) electrons. The number of aryl methyl sites for hydroxylation is 1. The van der Waals surface area contributed by atoms with Crippen molar-refractivity contribution in [2.24, 2.45) is 0 Å². The predicted octanol–water partition coefficient (Wildman–Crippen LogP) is 2.55. The van der Waals surface area contributed by atoms with Crippen LogP contribution in [0.5, 0.6) is 5.75 Å². The number of nitrogens with one attached hydrogen (secondary N) is 2. The minimum atomic E-state index is -0.954. The Morgan fingerprint density at radius 3 is 2.57 bits per heavy atom. The van der Waals surface area contributed by atoms with Gasteiger partial charge in [0.2, 0.25) is 0 Å². The van der Waals surface area contributed by atoms with Crippen LogP contribution in [-0.2, 0) is 20.7 Å². The molecule has 0 heterocycles. The first-order chi connectivity index (χ1) is 14.5. The molecule has 0 saturated carbocycles. The molecule has 2 aromatic carbocycles. The van der Waals surface area contributed by atoms with Crippen molar-refractivity contribution in [2.45, 2.75) is 38.3 Å². The molecule has 2 atom stereocenters. The summed E-state index contributed by atoms with van der Waals surface area (Å²) in [4.78, 5) is 36.6. The molecule has 0 bridgehead atoms. The number of fused-ring (bicyclic) bond motifs is 1. The standard InChI is InChI=1S/C23H26N2O5/c1-15(22(27)25-20-9-5-7-16-6-3-4-8-19(16)20)30-21(26)14-24-23(28)17-10-12-18(29-2)13-11-17/h3-4,6,8,10-13,15,20H,5,7,9,14H2,1-2H3,(H,24,28)(H,25,27)/t15-,20+/m1/s1. The zero-order valence-corrected chi connectivity index (χ0v) is 17.1. The van der Waals surface area contributed by atoms with Crippen LogP contribution in [0.15, 0.2) is 48.5 Å². The Morgan fingerprint density at radius 1 is 1.10 bits per heavy atom. The second-order valence-corrected chi connectivity index (χ2v) is 7.20. The average molecular weight is 410 g/mol. The maximum absolute atomic E-state index is 12.5. The highest BCUT2D eigenvalue weighted by Gasteiger charge is 2.25. The minimum absolute atomic E-state index is 0.0848. The molecule has 30 heavy (non-hydrogen) atoms. The van der Waals surface area contributed by atoms with E-state index in [0.717, 1.165) is 24.8 Å². The molecule has 0 saturated heterocycles. The SMILES string of the molecule is COc1ccc(C(=O)NCC(=O)O[C@H](C)C(=O)N[C@H]2CCCc3ccccc32)cc1. The molecular formula is C23H26N2O5. The van der Waals surface area contributed by atoms with Crippen LogP contribution in [0.2, 0.25) is 0 Å². The van der Waals surface area contributed by atoms with Gasteiger partial charge in [0.1, 0.15) is 12.3 Å². The van der Waals surface area contributed by atoms with E-state index in [9.17, 15) is 14.4 Å². The van der Waals surface area contributed by atoms with Crippen molar-refractivity contribution in [1.82, 2.24) is 10.6 Å². The van der Waals surface area contributed by atoms with E-state index in [1.807, 2.05) is 18.2 Å². The first-order valence-corrected chi connectivity index (χ1v) is 9.98. The molecule has 0 aromatic heterocycles. The number of methoxy groups -OCH3 is 1. The summed E-state index contributed by atoms with van der Waals surface area (Å²) in [5.74, 6) is -0.813. The highest BCUT2D eigenvalue weighted by molar-refractivity contribution is 5.96.